The molecule has 4 rings (SSSR count). The molecule has 36 heavy (non-hydrogen) atoms. The molecule has 194 valence electrons. The van der Waals surface area contributed by atoms with Crippen molar-refractivity contribution in [3.05, 3.63) is 48.0 Å². The average Bonchev–Trinajstić information content (AvgIpc) is 2.88. The Morgan fingerprint density at radius 3 is 2.47 bits per heavy atom. The van der Waals surface area contributed by atoms with Crippen molar-refractivity contribution < 1.29 is 14.4 Å². The molecule has 1 N–H and O–H groups in total. The van der Waals surface area contributed by atoms with Gasteiger partial charge in [-0.15, -0.1) is 0 Å². The van der Waals surface area contributed by atoms with Gasteiger partial charge in [0.25, 0.3) is 5.91 Å². The highest BCUT2D eigenvalue weighted by molar-refractivity contribution is 6.07. The average molecular weight is 493 g/mol. The summed E-state index contributed by atoms with van der Waals surface area (Å²) in [5.41, 5.74) is 0.726. The molecule has 0 saturated carbocycles. The Labute approximate surface area is 214 Å². The number of piperazine rings is 1. The van der Waals surface area contributed by atoms with Gasteiger partial charge in [-0.2, -0.15) is 0 Å². The number of carbonyl (C=O) groups is 3. The first kappa shape index (κ1) is 26.1. The number of carbonyl (C=O) groups excluding carboxylic acids is 3. The topological polar surface area (TPSA) is 73.0 Å². The number of piperidine rings is 1. The summed E-state index contributed by atoms with van der Waals surface area (Å²) < 4.78 is 0. The van der Waals surface area contributed by atoms with Gasteiger partial charge < -0.3 is 20.0 Å². The van der Waals surface area contributed by atoms with Gasteiger partial charge in [0.05, 0.1) is 0 Å². The van der Waals surface area contributed by atoms with Crippen LogP contribution in [0.4, 0.5) is 0 Å². The van der Waals surface area contributed by atoms with E-state index in [1.807, 2.05) is 52.3 Å². The Bertz CT molecular complexity index is 1060. The van der Waals surface area contributed by atoms with Crippen LogP contribution in [-0.2, 0) is 9.59 Å². The lowest BCUT2D eigenvalue weighted by atomic mass is 9.92. The zero-order chi connectivity index (χ0) is 25.5. The van der Waals surface area contributed by atoms with Gasteiger partial charge in [-0.3, -0.25) is 14.4 Å². The quantitative estimate of drug-likeness (QED) is 0.572. The molecule has 2 heterocycles. The van der Waals surface area contributed by atoms with Crippen LogP contribution < -0.4 is 5.32 Å². The minimum atomic E-state index is -0.0190. The van der Waals surface area contributed by atoms with Gasteiger partial charge in [-0.1, -0.05) is 36.4 Å². The molecule has 0 spiro atoms. The number of rotatable bonds is 8. The first-order valence-electron chi connectivity index (χ1n) is 13.4. The molecule has 1 atom stereocenters. The Morgan fingerprint density at radius 2 is 1.69 bits per heavy atom. The molecule has 0 bridgehead atoms. The second-order valence-corrected chi connectivity index (χ2v) is 10.4. The molecule has 2 aliphatic rings. The van der Waals surface area contributed by atoms with E-state index in [4.69, 9.17) is 0 Å². The smallest absolute Gasteiger partial charge is 0.254 e. The van der Waals surface area contributed by atoms with Crippen LogP contribution in [0.25, 0.3) is 10.8 Å². The third-order valence-corrected chi connectivity index (χ3v) is 7.75. The number of benzene rings is 2. The van der Waals surface area contributed by atoms with Gasteiger partial charge in [-0.05, 0) is 75.0 Å². The summed E-state index contributed by atoms with van der Waals surface area (Å²) in [6.07, 6.45) is 5.35. The highest BCUT2D eigenvalue weighted by atomic mass is 16.2. The van der Waals surface area contributed by atoms with Gasteiger partial charge >= 0.3 is 0 Å². The molecule has 0 aromatic heterocycles. The summed E-state index contributed by atoms with van der Waals surface area (Å²) in [5, 5.41) is 4.88. The first-order valence-corrected chi connectivity index (χ1v) is 13.4. The van der Waals surface area contributed by atoms with Crippen LogP contribution >= 0.6 is 0 Å². The Kier molecular flexibility index (Phi) is 8.97. The highest BCUT2D eigenvalue weighted by Gasteiger charge is 2.34. The summed E-state index contributed by atoms with van der Waals surface area (Å²) in [6.45, 7) is 5.98. The number of nitrogens with zero attached hydrogens (tertiary/aromatic N) is 3. The number of unbranched alkanes of at least 4 members (excludes halogenated alkanes) is 1. The molecule has 2 fully saturated rings. The summed E-state index contributed by atoms with van der Waals surface area (Å²) in [5.74, 6) is 0.699. The molecule has 2 aromatic carbocycles. The molecule has 0 unspecified atom stereocenters. The van der Waals surface area contributed by atoms with Crippen molar-refractivity contribution in [2.45, 2.75) is 51.5 Å². The van der Waals surface area contributed by atoms with Crippen molar-refractivity contribution >= 4 is 28.5 Å². The lowest BCUT2D eigenvalue weighted by Crippen LogP contribution is -2.56. The van der Waals surface area contributed by atoms with Crippen molar-refractivity contribution in [1.82, 2.24) is 20.0 Å². The fourth-order valence-corrected chi connectivity index (χ4v) is 5.60. The molecule has 2 aromatic rings. The van der Waals surface area contributed by atoms with Crippen LogP contribution in [0.3, 0.4) is 0 Å². The normalized spacial score (nSPS) is 19.4. The third kappa shape index (κ3) is 6.64. The van der Waals surface area contributed by atoms with E-state index in [9.17, 15) is 14.4 Å². The maximum Gasteiger partial charge on any atom is 0.254 e. The Hall–Kier alpha value is -2.93. The zero-order valence-electron chi connectivity index (χ0n) is 21.7. The number of likely N-dealkylation sites (tertiary alicyclic amines) is 1. The molecule has 2 aliphatic heterocycles. The predicted molar refractivity (Wildman–Crippen MR) is 143 cm³/mol. The second-order valence-electron chi connectivity index (χ2n) is 10.4. The van der Waals surface area contributed by atoms with Crippen LogP contribution in [0, 0.1) is 5.92 Å². The molecule has 0 radical (unpaired) electrons. The summed E-state index contributed by atoms with van der Waals surface area (Å²) >= 11 is 0. The molecule has 7 nitrogen and oxygen atoms in total. The fourth-order valence-electron chi connectivity index (χ4n) is 5.60. The maximum atomic E-state index is 13.6. The van der Waals surface area contributed by atoms with Gasteiger partial charge in [0.15, 0.2) is 0 Å². The van der Waals surface area contributed by atoms with E-state index < -0.39 is 0 Å². The van der Waals surface area contributed by atoms with Gasteiger partial charge in [0.2, 0.25) is 11.8 Å². The van der Waals surface area contributed by atoms with Crippen molar-refractivity contribution in [2.75, 3.05) is 46.3 Å². The predicted octanol–water partition coefficient (Wildman–Crippen LogP) is 3.53. The summed E-state index contributed by atoms with van der Waals surface area (Å²) in [4.78, 5) is 44.5. The Balaban J connectivity index is 1.44. The standard InChI is InChI=1S/C29H40N4O3/c1-22(34)30-15-6-5-10-25-21-32(29(36)27-12-7-9-24-8-3-4-11-26(24)27)18-19-33(25)28(35)20-23-13-16-31(2)17-14-23/h3-4,7-9,11-12,23,25H,5-6,10,13-21H2,1-2H3,(H,30,34)/t25-/m0/s1. The van der Waals surface area contributed by atoms with Crippen molar-refractivity contribution in [3.63, 3.8) is 0 Å². The molecule has 2 saturated heterocycles. The highest BCUT2D eigenvalue weighted by Crippen LogP contribution is 2.26. The lowest BCUT2D eigenvalue weighted by molar-refractivity contribution is -0.137. The minimum absolute atomic E-state index is 0.00812. The van der Waals surface area contributed by atoms with Crippen LogP contribution in [0.1, 0.15) is 55.8 Å². The molecular formula is C29H40N4O3. The zero-order valence-corrected chi connectivity index (χ0v) is 21.7. The molecule has 0 aliphatic carbocycles. The SMILES string of the molecule is CC(=O)NCCCC[C@H]1CN(C(=O)c2cccc3ccccc23)CCN1C(=O)CC1CCN(C)CC1. The van der Waals surface area contributed by atoms with Crippen molar-refractivity contribution in [2.24, 2.45) is 5.92 Å². The van der Waals surface area contributed by atoms with Crippen LogP contribution in [-0.4, -0.2) is 84.8 Å². The lowest BCUT2D eigenvalue weighted by Gasteiger charge is -2.42. The molecule has 7 heteroatoms. The molecule has 3 amide bonds. The van der Waals surface area contributed by atoms with E-state index in [0.717, 1.165) is 61.5 Å². The van der Waals surface area contributed by atoms with Crippen molar-refractivity contribution in [1.29, 1.82) is 0 Å². The van der Waals surface area contributed by atoms with E-state index >= 15 is 0 Å². The van der Waals surface area contributed by atoms with Gasteiger partial charge in [0, 0.05) is 51.1 Å². The minimum Gasteiger partial charge on any atom is -0.356 e. The monoisotopic (exact) mass is 492 g/mol. The summed E-state index contributed by atoms with van der Waals surface area (Å²) in [6, 6.07) is 13.9. The number of fused-ring (bicyclic) bond motifs is 1. The number of hydrogen-bond acceptors (Lipinski definition) is 4. The fraction of sp³-hybridized carbons (Fsp3) is 0.552. The van der Waals surface area contributed by atoms with Crippen LogP contribution in [0.15, 0.2) is 42.5 Å². The second kappa shape index (κ2) is 12.3. The van der Waals surface area contributed by atoms with E-state index in [0.29, 0.717) is 38.5 Å². The van der Waals surface area contributed by atoms with Gasteiger partial charge in [0.1, 0.15) is 0 Å². The van der Waals surface area contributed by atoms with E-state index in [1.54, 1.807) is 0 Å². The summed E-state index contributed by atoms with van der Waals surface area (Å²) in [7, 11) is 2.14. The van der Waals surface area contributed by atoms with Crippen LogP contribution in [0.5, 0.6) is 0 Å². The van der Waals surface area contributed by atoms with E-state index in [-0.39, 0.29) is 23.8 Å². The maximum absolute atomic E-state index is 13.6. The van der Waals surface area contributed by atoms with Crippen LogP contribution in [0.2, 0.25) is 0 Å². The number of hydrogen-bond donors (Lipinski definition) is 1. The van der Waals surface area contributed by atoms with E-state index in [1.165, 1.54) is 6.92 Å². The Morgan fingerprint density at radius 1 is 0.944 bits per heavy atom. The third-order valence-electron chi connectivity index (χ3n) is 7.75. The number of nitrogens with one attached hydrogen (secondary N) is 1. The van der Waals surface area contributed by atoms with E-state index in [2.05, 4.69) is 17.3 Å². The number of amides is 3. The van der Waals surface area contributed by atoms with Gasteiger partial charge in [-0.25, -0.2) is 0 Å². The first-order chi connectivity index (χ1) is 17.4. The largest absolute Gasteiger partial charge is 0.356 e. The van der Waals surface area contributed by atoms with Crippen molar-refractivity contribution in [3.8, 4) is 0 Å². The molecular weight excluding hydrogens is 452 g/mol.